The molecule has 0 atom stereocenters. The Kier molecular flexibility index (Phi) is 8.57. The molecule has 0 saturated carbocycles. The van der Waals surface area contributed by atoms with Gasteiger partial charge in [0.05, 0.1) is 5.41 Å². The van der Waals surface area contributed by atoms with Gasteiger partial charge >= 0.3 is 0 Å². The monoisotopic (exact) mass is 862 g/mol. The van der Waals surface area contributed by atoms with E-state index in [9.17, 15) is 0 Å². The van der Waals surface area contributed by atoms with Gasteiger partial charge in [-0.15, -0.1) is 0 Å². The average Bonchev–Trinajstić information content (AvgIpc) is 3.93. The normalized spacial score (nSPS) is 12.8. The molecule has 0 spiro atoms. The van der Waals surface area contributed by atoms with Gasteiger partial charge in [0.15, 0.2) is 0 Å². The summed E-state index contributed by atoms with van der Waals surface area (Å²) >= 11 is 0. The lowest BCUT2D eigenvalue weighted by Crippen LogP contribution is -2.28. The van der Waals surface area contributed by atoms with Crippen molar-refractivity contribution in [3.05, 3.63) is 277 Å². The Morgan fingerprint density at radius 3 is 1.38 bits per heavy atom. The molecule has 1 aliphatic rings. The van der Waals surface area contributed by atoms with E-state index < -0.39 is 5.41 Å². The predicted molar refractivity (Wildman–Crippen MR) is 285 cm³/mol. The van der Waals surface area contributed by atoms with E-state index in [0.717, 1.165) is 22.3 Å². The van der Waals surface area contributed by atoms with Gasteiger partial charge in [-0.1, -0.05) is 237 Å². The van der Waals surface area contributed by atoms with Crippen LogP contribution in [0.1, 0.15) is 22.3 Å². The van der Waals surface area contributed by atoms with E-state index in [0.29, 0.717) is 0 Å². The summed E-state index contributed by atoms with van der Waals surface area (Å²) in [5.74, 6) is 0.942. The maximum absolute atomic E-state index is 6.93. The van der Waals surface area contributed by atoms with Gasteiger partial charge in [0.1, 0.15) is 11.3 Å². The Balaban J connectivity index is 1.07. The molecule has 1 nitrogen and oxygen atoms in total. The molecule has 14 rings (SSSR count). The maximum atomic E-state index is 6.93. The summed E-state index contributed by atoms with van der Waals surface area (Å²) in [6.45, 7) is 0. The minimum absolute atomic E-state index is 0.628. The fourth-order valence-electron chi connectivity index (χ4n) is 11.9. The fourth-order valence-corrected chi connectivity index (χ4v) is 11.9. The van der Waals surface area contributed by atoms with Crippen molar-refractivity contribution in [3.8, 4) is 55.8 Å². The highest BCUT2D eigenvalue weighted by molar-refractivity contribution is 6.23. The summed E-state index contributed by atoms with van der Waals surface area (Å²) in [4.78, 5) is 0. The molecule has 0 saturated heterocycles. The first kappa shape index (κ1) is 38.5. The number of furan rings is 1. The molecule has 0 N–H and O–H groups in total. The van der Waals surface area contributed by atoms with Crippen molar-refractivity contribution in [2.45, 2.75) is 5.41 Å². The number of rotatable bonds is 6. The summed E-state index contributed by atoms with van der Waals surface area (Å²) in [5, 5.41) is 11.0. The van der Waals surface area contributed by atoms with Gasteiger partial charge in [0.2, 0.25) is 0 Å². The first-order valence-electron chi connectivity index (χ1n) is 23.6. The second-order valence-corrected chi connectivity index (χ2v) is 18.2. The van der Waals surface area contributed by atoms with Gasteiger partial charge in [-0.2, -0.15) is 0 Å². The van der Waals surface area contributed by atoms with E-state index in [4.69, 9.17) is 4.42 Å². The molecular weight excluding hydrogens is 821 g/mol. The third kappa shape index (κ3) is 5.57. The standard InChI is InChI=1S/C67H42O/c1-3-23-47(24-4-1)67(48-25-5-2-6-26-48)61-42-46(38-40-58(61)66-65(67)59-33-15-16-36-62(59)68-66)63-54-29-11-13-31-56(54)64(57-32-14-12-30-55(57)63)60-41-45(51-34-17-21-43-19-7-9-27-49(43)51)37-39-53(60)52-35-18-22-44-20-8-10-28-50(44)52/h1-42H. The molecule has 13 aromatic rings. The van der Waals surface area contributed by atoms with E-state index in [2.05, 4.69) is 255 Å². The minimum atomic E-state index is -0.628. The van der Waals surface area contributed by atoms with Crippen LogP contribution in [-0.2, 0) is 5.41 Å². The Hall–Kier alpha value is -8.78. The van der Waals surface area contributed by atoms with E-state index in [1.165, 1.54) is 110 Å². The number of para-hydroxylation sites is 1. The van der Waals surface area contributed by atoms with Crippen molar-refractivity contribution in [2.75, 3.05) is 0 Å². The van der Waals surface area contributed by atoms with Crippen LogP contribution in [0.3, 0.4) is 0 Å². The van der Waals surface area contributed by atoms with Crippen LogP contribution in [0.4, 0.5) is 0 Å². The Labute approximate surface area is 394 Å². The summed E-state index contributed by atoms with van der Waals surface area (Å²) in [5.41, 5.74) is 16.0. The van der Waals surface area contributed by atoms with Crippen molar-refractivity contribution in [3.63, 3.8) is 0 Å². The van der Waals surface area contributed by atoms with Gasteiger partial charge in [0.25, 0.3) is 0 Å². The number of benzene rings is 12. The highest BCUT2D eigenvalue weighted by atomic mass is 16.3. The Bertz CT molecular complexity index is 4030. The Morgan fingerprint density at radius 1 is 0.279 bits per heavy atom. The summed E-state index contributed by atoms with van der Waals surface area (Å²) in [7, 11) is 0. The van der Waals surface area contributed by atoms with E-state index in [1.54, 1.807) is 0 Å². The minimum Gasteiger partial charge on any atom is -0.456 e. The lowest BCUT2D eigenvalue weighted by atomic mass is 9.67. The van der Waals surface area contributed by atoms with Gasteiger partial charge in [-0.05, 0) is 122 Å². The van der Waals surface area contributed by atoms with E-state index in [-0.39, 0.29) is 0 Å². The van der Waals surface area contributed by atoms with E-state index >= 15 is 0 Å². The average molecular weight is 863 g/mol. The molecule has 0 fully saturated rings. The van der Waals surface area contributed by atoms with E-state index in [1.807, 2.05) is 0 Å². The fraction of sp³-hybridized carbons (Fsp3) is 0.0149. The van der Waals surface area contributed by atoms with Crippen LogP contribution in [0.2, 0.25) is 0 Å². The molecule has 0 aliphatic heterocycles. The quantitative estimate of drug-likeness (QED) is 0.152. The first-order chi connectivity index (χ1) is 33.8. The lowest BCUT2D eigenvalue weighted by molar-refractivity contribution is 0.628. The topological polar surface area (TPSA) is 13.1 Å². The predicted octanol–water partition coefficient (Wildman–Crippen LogP) is 18.1. The van der Waals surface area contributed by atoms with Crippen molar-refractivity contribution in [1.29, 1.82) is 0 Å². The van der Waals surface area contributed by atoms with Crippen molar-refractivity contribution < 1.29 is 4.42 Å². The molecular formula is C67H42O. The lowest BCUT2D eigenvalue weighted by Gasteiger charge is -2.33. The van der Waals surface area contributed by atoms with Gasteiger partial charge in [-0.25, -0.2) is 0 Å². The van der Waals surface area contributed by atoms with Gasteiger partial charge in [-0.3, -0.25) is 0 Å². The molecule has 68 heavy (non-hydrogen) atoms. The molecule has 0 bridgehead atoms. The van der Waals surface area contributed by atoms with Crippen LogP contribution >= 0.6 is 0 Å². The third-order valence-corrected chi connectivity index (χ3v) is 14.7. The molecule has 0 radical (unpaired) electrons. The van der Waals surface area contributed by atoms with Crippen LogP contribution < -0.4 is 0 Å². The highest BCUT2D eigenvalue weighted by Gasteiger charge is 2.49. The number of hydrogen-bond donors (Lipinski definition) is 0. The van der Waals surface area contributed by atoms with Crippen molar-refractivity contribution in [2.24, 2.45) is 0 Å². The van der Waals surface area contributed by atoms with Gasteiger partial charge < -0.3 is 4.42 Å². The van der Waals surface area contributed by atoms with Crippen molar-refractivity contribution >= 4 is 54.1 Å². The second-order valence-electron chi connectivity index (χ2n) is 18.2. The molecule has 12 aromatic carbocycles. The molecule has 0 amide bonds. The molecule has 0 unspecified atom stereocenters. The molecule has 1 aliphatic carbocycles. The zero-order valence-corrected chi connectivity index (χ0v) is 37.2. The summed E-state index contributed by atoms with van der Waals surface area (Å²) in [6.07, 6.45) is 0. The summed E-state index contributed by atoms with van der Waals surface area (Å²) < 4.78 is 6.93. The number of fused-ring (bicyclic) bond motifs is 9. The van der Waals surface area contributed by atoms with Crippen LogP contribution in [0.15, 0.2) is 259 Å². The first-order valence-corrected chi connectivity index (χ1v) is 23.6. The zero-order valence-electron chi connectivity index (χ0n) is 37.2. The van der Waals surface area contributed by atoms with Crippen molar-refractivity contribution in [1.82, 2.24) is 0 Å². The molecule has 316 valence electrons. The molecule has 1 heteroatoms. The largest absolute Gasteiger partial charge is 0.456 e. The van der Waals surface area contributed by atoms with Crippen LogP contribution in [0.5, 0.6) is 0 Å². The highest BCUT2D eigenvalue weighted by Crippen LogP contribution is 2.60. The maximum Gasteiger partial charge on any atom is 0.140 e. The second kappa shape index (κ2) is 15.1. The summed E-state index contributed by atoms with van der Waals surface area (Å²) in [6, 6.07) is 94.0. The van der Waals surface area contributed by atoms with Crippen LogP contribution in [-0.4, -0.2) is 0 Å². The van der Waals surface area contributed by atoms with Gasteiger partial charge in [0, 0.05) is 16.5 Å². The SMILES string of the molecule is c1ccc(C2(c3ccccc3)c3cc(-c4c5ccccc5c(-c5cc(-c6cccc7ccccc67)ccc5-c5cccc6ccccc56)c5ccccc45)ccc3-c3oc4ccccc4c32)cc1. The Morgan fingerprint density at radius 2 is 0.750 bits per heavy atom. The smallest absolute Gasteiger partial charge is 0.140 e. The van der Waals surface area contributed by atoms with Crippen LogP contribution in [0, 0.1) is 0 Å². The molecule has 1 aromatic heterocycles. The number of hydrogen-bond acceptors (Lipinski definition) is 1. The third-order valence-electron chi connectivity index (χ3n) is 14.7. The van der Waals surface area contributed by atoms with Crippen LogP contribution in [0.25, 0.3) is 110 Å². The zero-order chi connectivity index (χ0) is 44.8. The molecule has 1 heterocycles.